The van der Waals surface area contributed by atoms with E-state index in [1.165, 1.54) is 6.92 Å². The number of hydrogen-bond acceptors (Lipinski definition) is 3. The highest BCUT2D eigenvalue weighted by Crippen LogP contribution is 2.28. The largest absolute Gasteiger partial charge is 0.435 e. The molecule has 0 spiro atoms. The first-order chi connectivity index (χ1) is 11.6. The number of halogens is 4. The first-order valence-electron chi connectivity index (χ1n) is 7.67. The zero-order valence-corrected chi connectivity index (χ0v) is 15.7. The van der Waals surface area contributed by atoms with Gasteiger partial charge in [0.15, 0.2) is 5.69 Å². The van der Waals surface area contributed by atoms with Crippen molar-refractivity contribution in [2.24, 2.45) is 0 Å². The molecular formula is C15H19BrF3N5O. The first kappa shape index (κ1) is 19.5. The maximum atomic E-state index is 12.6. The van der Waals surface area contributed by atoms with Crippen molar-refractivity contribution >= 4 is 21.8 Å². The lowest BCUT2D eigenvalue weighted by Crippen LogP contribution is -2.30. The van der Waals surface area contributed by atoms with Crippen molar-refractivity contribution in [3.8, 4) is 0 Å². The van der Waals surface area contributed by atoms with Crippen LogP contribution in [-0.4, -0.2) is 32.0 Å². The Bertz CT molecular complexity index is 766. The Hall–Kier alpha value is -1.84. The number of alkyl halides is 3. The van der Waals surface area contributed by atoms with Crippen LogP contribution in [0, 0.1) is 20.8 Å². The van der Waals surface area contributed by atoms with Crippen LogP contribution in [-0.2, 0) is 24.1 Å². The third-order valence-electron chi connectivity index (χ3n) is 3.73. The van der Waals surface area contributed by atoms with Crippen LogP contribution in [0.5, 0.6) is 0 Å². The standard InChI is InChI=1S/C15H19BrF3N5O/c1-9-7-12(15(17,18)19)22-24(9)8-13(25)20-5-4-6-23-11(3)14(16)10(2)21-23/h7H,4-6,8H2,1-3H3,(H,20,25). The quantitative estimate of drug-likeness (QED) is 0.729. The van der Waals surface area contributed by atoms with Gasteiger partial charge in [-0.05, 0) is 49.2 Å². The molecule has 0 atom stereocenters. The highest BCUT2D eigenvalue weighted by molar-refractivity contribution is 9.10. The summed E-state index contributed by atoms with van der Waals surface area (Å²) in [5.41, 5.74) is 1.20. The molecule has 0 fully saturated rings. The van der Waals surface area contributed by atoms with E-state index in [-0.39, 0.29) is 18.1 Å². The average molecular weight is 422 g/mol. The molecule has 6 nitrogen and oxygen atoms in total. The summed E-state index contributed by atoms with van der Waals surface area (Å²) in [6, 6.07) is 0.925. The molecule has 138 valence electrons. The highest BCUT2D eigenvalue weighted by atomic mass is 79.9. The molecule has 2 aromatic heterocycles. The van der Waals surface area contributed by atoms with E-state index in [2.05, 4.69) is 31.4 Å². The Morgan fingerprint density at radius 2 is 1.92 bits per heavy atom. The van der Waals surface area contributed by atoms with Crippen molar-refractivity contribution in [1.82, 2.24) is 24.9 Å². The van der Waals surface area contributed by atoms with Crippen LogP contribution >= 0.6 is 15.9 Å². The zero-order chi connectivity index (χ0) is 18.8. The van der Waals surface area contributed by atoms with E-state index in [9.17, 15) is 18.0 Å². The van der Waals surface area contributed by atoms with Gasteiger partial charge in [0.25, 0.3) is 0 Å². The fourth-order valence-corrected chi connectivity index (χ4v) is 2.63. The number of hydrogen-bond donors (Lipinski definition) is 1. The summed E-state index contributed by atoms with van der Waals surface area (Å²) in [4.78, 5) is 11.9. The van der Waals surface area contributed by atoms with Crippen molar-refractivity contribution in [2.45, 2.75) is 46.5 Å². The SMILES string of the molecule is Cc1nn(CCCNC(=O)Cn2nc(C(F)(F)F)cc2C)c(C)c1Br. The van der Waals surface area contributed by atoms with Crippen molar-refractivity contribution in [3.63, 3.8) is 0 Å². The van der Waals surface area contributed by atoms with Gasteiger partial charge in [-0.25, -0.2) is 0 Å². The Balaban J connectivity index is 1.81. The van der Waals surface area contributed by atoms with Crippen molar-refractivity contribution in [1.29, 1.82) is 0 Å². The lowest BCUT2D eigenvalue weighted by atomic mass is 10.3. The maximum Gasteiger partial charge on any atom is 0.435 e. The second-order valence-electron chi connectivity index (χ2n) is 5.74. The molecule has 0 aliphatic rings. The molecule has 2 aromatic rings. The van der Waals surface area contributed by atoms with Crippen LogP contribution in [0.15, 0.2) is 10.5 Å². The van der Waals surface area contributed by atoms with Gasteiger partial charge >= 0.3 is 6.18 Å². The van der Waals surface area contributed by atoms with Crippen LogP contribution in [0.25, 0.3) is 0 Å². The molecule has 2 heterocycles. The molecule has 1 amide bonds. The molecule has 0 unspecified atom stereocenters. The average Bonchev–Trinajstić information content (AvgIpc) is 2.99. The third-order valence-corrected chi connectivity index (χ3v) is 4.87. The molecule has 0 aliphatic heterocycles. The van der Waals surface area contributed by atoms with Crippen LogP contribution in [0.4, 0.5) is 13.2 Å². The zero-order valence-electron chi connectivity index (χ0n) is 14.1. The Morgan fingerprint density at radius 1 is 1.24 bits per heavy atom. The van der Waals surface area contributed by atoms with E-state index in [1.54, 1.807) is 0 Å². The first-order valence-corrected chi connectivity index (χ1v) is 8.46. The lowest BCUT2D eigenvalue weighted by Gasteiger charge is -2.08. The molecular weight excluding hydrogens is 403 g/mol. The number of nitrogens with one attached hydrogen (secondary N) is 1. The third kappa shape index (κ3) is 4.83. The summed E-state index contributed by atoms with van der Waals surface area (Å²) in [7, 11) is 0. The normalized spacial score (nSPS) is 11.8. The maximum absolute atomic E-state index is 12.6. The van der Waals surface area contributed by atoms with Crippen molar-refractivity contribution < 1.29 is 18.0 Å². The van der Waals surface area contributed by atoms with E-state index in [0.29, 0.717) is 19.5 Å². The minimum Gasteiger partial charge on any atom is -0.354 e. The number of aryl methyl sites for hydroxylation is 3. The Labute approximate surface area is 151 Å². The van der Waals surface area contributed by atoms with Gasteiger partial charge in [-0.15, -0.1) is 0 Å². The summed E-state index contributed by atoms with van der Waals surface area (Å²) in [5, 5.41) is 10.5. The molecule has 0 bridgehead atoms. The fourth-order valence-electron chi connectivity index (χ4n) is 2.35. The number of carbonyl (C=O) groups excluding carboxylic acids is 1. The van der Waals surface area contributed by atoms with Gasteiger partial charge in [-0.3, -0.25) is 14.2 Å². The van der Waals surface area contributed by atoms with Crippen LogP contribution < -0.4 is 5.32 Å². The topological polar surface area (TPSA) is 64.7 Å². The Morgan fingerprint density at radius 3 is 2.44 bits per heavy atom. The van der Waals surface area contributed by atoms with E-state index in [0.717, 1.165) is 26.6 Å². The van der Waals surface area contributed by atoms with Crippen molar-refractivity contribution in [2.75, 3.05) is 6.54 Å². The van der Waals surface area contributed by atoms with Crippen molar-refractivity contribution in [3.05, 3.63) is 33.3 Å². The number of aromatic nitrogens is 4. The monoisotopic (exact) mass is 421 g/mol. The highest BCUT2D eigenvalue weighted by Gasteiger charge is 2.34. The summed E-state index contributed by atoms with van der Waals surface area (Å²) in [6.45, 7) is 6.13. The molecule has 1 N–H and O–H groups in total. The van der Waals surface area contributed by atoms with E-state index in [4.69, 9.17) is 0 Å². The molecule has 0 aliphatic carbocycles. The number of carbonyl (C=O) groups is 1. The second-order valence-corrected chi connectivity index (χ2v) is 6.53. The second kappa shape index (κ2) is 7.59. The van der Waals surface area contributed by atoms with Gasteiger partial charge in [-0.2, -0.15) is 23.4 Å². The molecule has 25 heavy (non-hydrogen) atoms. The van der Waals surface area contributed by atoms with Gasteiger partial charge in [0.05, 0.1) is 10.2 Å². The number of amides is 1. The molecule has 0 radical (unpaired) electrons. The van der Waals surface area contributed by atoms with Gasteiger partial charge < -0.3 is 5.32 Å². The molecule has 2 rings (SSSR count). The molecule has 0 saturated carbocycles. The summed E-state index contributed by atoms with van der Waals surface area (Å²) in [6.07, 6.45) is -3.85. The van der Waals surface area contributed by atoms with Crippen LogP contribution in [0.1, 0.15) is 29.2 Å². The van der Waals surface area contributed by atoms with E-state index < -0.39 is 11.9 Å². The minimum absolute atomic E-state index is 0.243. The summed E-state index contributed by atoms with van der Waals surface area (Å²) in [5.74, 6) is -0.380. The van der Waals surface area contributed by atoms with Gasteiger partial charge in [0.1, 0.15) is 6.54 Å². The van der Waals surface area contributed by atoms with Gasteiger partial charge in [0.2, 0.25) is 5.91 Å². The van der Waals surface area contributed by atoms with Gasteiger partial charge in [0, 0.05) is 24.5 Å². The Kier molecular flexibility index (Phi) is 5.91. The van der Waals surface area contributed by atoms with Gasteiger partial charge in [-0.1, -0.05) is 0 Å². The molecule has 0 saturated heterocycles. The molecule has 0 aromatic carbocycles. The minimum atomic E-state index is -4.51. The fraction of sp³-hybridized carbons (Fsp3) is 0.533. The molecule has 10 heteroatoms. The lowest BCUT2D eigenvalue weighted by molar-refractivity contribution is -0.141. The smallest absolute Gasteiger partial charge is 0.354 e. The van der Waals surface area contributed by atoms with E-state index >= 15 is 0 Å². The summed E-state index contributed by atoms with van der Waals surface area (Å²) >= 11 is 3.45. The van der Waals surface area contributed by atoms with Crippen LogP contribution in [0.3, 0.4) is 0 Å². The number of nitrogens with zero attached hydrogens (tertiary/aromatic N) is 4. The predicted molar refractivity (Wildman–Crippen MR) is 89.0 cm³/mol. The summed E-state index contributed by atoms with van der Waals surface area (Å²) < 4.78 is 41.7. The van der Waals surface area contributed by atoms with E-state index in [1.807, 2.05) is 18.5 Å². The van der Waals surface area contributed by atoms with Crippen LogP contribution in [0.2, 0.25) is 0 Å². The number of rotatable bonds is 6. The predicted octanol–water partition coefficient (Wildman–Crippen LogP) is 2.99.